The lowest BCUT2D eigenvalue weighted by atomic mass is 10.0. The fraction of sp³-hybridized carbons (Fsp3) is 0.800. The molecule has 0 rings (SSSR count). The molecule has 0 aromatic carbocycles. The molecule has 10 heavy (non-hydrogen) atoms. The van der Waals surface area contributed by atoms with E-state index in [4.69, 9.17) is 20.4 Å². The largest absolute Gasteiger partial charge is 0.394 e. The molecule has 0 fully saturated rings. The number of carbonyl (C=O) groups is 1. The van der Waals surface area contributed by atoms with Crippen LogP contribution in [0.5, 0.6) is 0 Å². The van der Waals surface area contributed by atoms with Crippen molar-refractivity contribution in [2.75, 3.05) is 13.2 Å². The molecule has 0 unspecified atom stereocenters. The quantitative estimate of drug-likeness (QED) is 0.326. The van der Waals surface area contributed by atoms with Gasteiger partial charge in [-0.3, -0.25) is 4.79 Å². The van der Waals surface area contributed by atoms with E-state index in [1.54, 1.807) is 0 Å². The number of hydrogen-bond acceptors (Lipinski definition) is 5. The Morgan fingerprint density at radius 1 is 1.50 bits per heavy atom. The third-order valence-electron chi connectivity index (χ3n) is 1.21. The fourth-order valence-corrected chi connectivity index (χ4v) is 0.379. The van der Waals surface area contributed by atoms with Crippen molar-refractivity contribution in [3.05, 3.63) is 0 Å². The Morgan fingerprint density at radius 3 is 2.10 bits per heavy atom. The van der Waals surface area contributed by atoms with Gasteiger partial charge in [0.25, 0.3) is 0 Å². The molecule has 0 aliphatic heterocycles. The standard InChI is InChI=1S/C5H10O5/c6-1-4(9)5(10,2-7)3-8/h2,4,6,8-10H,1,3H2/t4-,5-/m0/s1. The SMILES string of the molecule is O=C[C@](O)(CO)[C@@H](O)CO. The summed E-state index contributed by atoms with van der Waals surface area (Å²) in [6.07, 6.45) is -1.64. The van der Waals surface area contributed by atoms with Crippen LogP contribution in [-0.2, 0) is 4.79 Å². The number of aldehydes is 1. The number of aliphatic hydroxyl groups excluding tert-OH is 3. The summed E-state index contributed by atoms with van der Waals surface area (Å²) in [5, 5.41) is 34.1. The number of hydrogen-bond donors (Lipinski definition) is 4. The summed E-state index contributed by atoms with van der Waals surface area (Å²) in [5.41, 5.74) is -2.23. The zero-order valence-electron chi connectivity index (χ0n) is 5.27. The summed E-state index contributed by atoms with van der Waals surface area (Å²) >= 11 is 0. The van der Waals surface area contributed by atoms with Gasteiger partial charge in [0, 0.05) is 0 Å². The van der Waals surface area contributed by atoms with Crippen LogP contribution in [0.15, 0.2) is 0 Å². The lowest BCUT2D eigenvalue weighted by Gasteiger charge is -2.22. The van der Waals surface area contributed by atoms with Gasteiger partial charge in [0.15, 0.2) is 11.9 Å². The Labute approximate surface area is 57.5 Å². The van der Waals surface area contributed by atoms with Crippen molar-refractivity contribution in [1.29, 1.82) is 0 Å². The van der Waals surface area contributed by atoms with E-state index < -0.39 is 24.9 Å². The maximum atomic E-state index is 9.98. The molecule has 2 atom stereocenters. The molecule has 0 aromatic heterocycles. The lowest BCUT2D eigenvalue weighted by molar-refractivity contribution is -0.148. The highest BCUT2D eigenvalue weighted by atomic mass is 16.4. The smallest absolute Gasteiger partial charge is 0.170 e. The van der Waals surface area contributed by atoms with Crippen LogP contribution in [0.3, 0.4) is 0 Å². The predicted molar refractivity (Wildman–Crippen MR) is 31.2 cm³/mol. The number of aliphatic hydroxyl groups is 4. The topological polar surface area (TPSA) is 98.0 Å². The molecule has 0 radical (unpaired) electrons. The molecule has 60 valence electrons. The van der Waals surface area contributed by atoms with Gasteiger partial charge in [-0.15, -0.1) is 0 Å². The van der Waals surface area contributed by atoms with Crippen LogP contribution < -0.4 is 0 Å². The Bertz CT molecular complexity index is 115. The van der Waals surface area contributed by atoms with E-state index in [1.807, 2.05) is 0 Å². The molecule has 4 N–H and O–H groups in total. The number of carbonyl (C=O) groups excluding carboxylic acids is 1. The molecule has 0 aliphatic rings. The van der Waals surface area contributed by atoms with E-state index in [2.05, 4.69) is 0 Å². The highest BCUT2D eigenvalue weighted by molar-refractivity contribution is 5.63. The van der Waals surface area contributed by atoms with Crippen LogP contribution in [0.25, 0.3) is 0 Å². The third-order valence-corrected chi connectivity index (χ3v) is 1.21. The van der Waals surface area contributed by atoms with Gasteiger partial charge in [0.2, 0.25) is 0 Å². The minimum absolute atomic E-state index is 0.00606. The average molecular weight is 150 g/mol. The minimum Gasteiger partial charge on any atom is -0.394 e. The molecular weight excluding hydrogens is 140 g/mol. The second-order valence-corrected chi connectivity index (χ2v) is 1.97. The van der Waals surface area contributed by atoms with Crippen molar-refractivity contribution in [3.8, 4) is 0 Å². The van der Waals surface area contributed by atoms with Crippen molar-refractivity contribution in [2.24, 2.45) is 0 Å². The molecule has 5 nitrogen and oxygen atoms in total. The zero-order valence-corrected chi connectivity index (χ0v) is 5.27. The van der Waals surface area contributed by atoms with Gasteiger partial charge >= 0.3 is 0 Å². The van der Waals surface area contributed by atoms with E-state index in [1.165, 1.54) is 0 Å². The molecule has 0 saturated heterocycles. The summed E-state index contributed by atoms with van der Waals surface area (Å²) < 4.78 is 0. The van der Waals surface area contributed by atoms with Crippen molar-refractivity contribution >= 4 is 6.29 Å². The van der Waals surface area contributed by atoms with Crippen molar-refractivity contribution in [1.82, 2.24) is 0 Å². The third kappa shape index (κ3) is 1.74. The minimum atomic E-state index is -2.23. The van der Waals surface area contributed by atoms with Crippen LogP contribution in [0.2, 0.25) is 0 Å². The van der Waals surface area contributed by atoms with Crippen LogP contribution >= 0.6 is 0 Å². The van der Waals surface area contributed by atoms with Crippen molar-refractivity contribution in [3.63, 3.8) is 0 Å². The molecule has 0 bridgehead atoms. The van der Waals surface area contributed by atoms with E-state index >= 15 is 0 Å². The van der Waals surface area contributed by atoms with Gasteiger partial charge in [0.1, 0.15) is 6.10 Å². The van der Waals surface area contributed by atoms with Crippen molar-refractivity contribution < 1.29 is 25.2 Å². The Morgan fingerprint density at radius 2 is 2.00 bits per heavy atom. The molecule has 5 heteroatoms. The van der Waals surface area contributed by atoms with E-state index in [-0.39, 0.29) is 6.29 Å². The molecule has 0 aliphatic carbocycles. The molecule has 0 spiro atoms. The summed E-state index contributed by atoms with van der Waals surface area (Å²) in [6.45, 7) is -1.67. The van der Waals surface area contributed by atoms with E-state index in [0.29, 0.717) is 0 Å². The average Bonchev–Trinajstić information content (AvgIpc) is 2.01. The van der Waals surface area contributed by atoms with Gasteiger partial charge in [-0.25, -0.2) is 0 Å². The summed E-state index contributed by atoms with van der Waals surface area (Å²) in [6, 6.07) is 0. The first-order chi connectivity index (χ1) is 4.60. The Kier molecular flexibility index (Phi) is 3.45. The highest BCUT2D eigenvalue weighted by Crippen LogP contribution is 2.05. The first-order valence-electron chi connectivity index (χ1n) is 2.69. The fourth-order valence-electron chi connectivity index (χ4n) is 0.379. The first kappa shape index (κ1) is 9.51. The molecular formula is C5H10O5. The molecule has 0 amide bonds. The van der Waals surface area contributed by atoms with Crippen molar-refractivity contribution in [2.45, 2.75) is 11.7 Å². The zero-order chi connectivity index (χ0) is 8.20. The van der Waals surface area contributed by atoms with Gasteiger partial charge in [0.05, 0.1) is 13.2 Å². The van der Waals surface area contributed by atoms with Gasteiger partial charge in [-0.1, -0.05) is 0 Å². The summed E-state index contributed by atoms with van der Waals surface area (Å²) in [4.78, 5) is 9.98. The lowest BCUT2D eigenvalue weighted by Crippen LogP contribution is -2.49. The normalized spacial score (nSPS) is 19.6. The van der Waals surface area contributed by atoms with Gasteiger partial charge < -0.3 is 20.4 Å². The first-order valence-corrected chi connectivity index (χ1v) is 2.69. The van der Waals surface area contributed by atoms with E-state index in [0.717, 1.165) is 0 Å². The summed E-state index contributed by atoms with van der Waals surface area (Å²) in [7, 11) is 0. The highest BCUT2D eigenvalue weighted by Gasteiger charge is 2.34. The Balaban J connectivity index is 4.16. The maximum absolute atomic E-state index is 9.98. The second kappa shape index (κ2) is 3.62. The molecule has 0 aromatic rings. The number of rotatable bonds is 4. The molecule has 0 heterocycles. The van der Waals surface area contributed by atoms with Gasteiger partial charge in [-0.05, 0) is 0 Å². The molecule has 0 saturated carbocycles. The predicted octanol–water partition coefficient (Wildman–Crippen LogP) is -2.74. The maximum Gasteiger partial charge on any atom is 0.170 e. The van der Waals surface area contributed by atoms with Crippen LogP contribution in [0, 0.1) is 0 Å². The second-order valence-electron chi connectivity index (χ2n) is 1.97. The summed E-state index contributed by atoms with van der Waals surface area (Å²) in [5.74, 6) is 0. The monoisotopic (exact) mass is 150 g/mol. The van der Waals surface area contributed by atoms with Crippen LogP contribution in [0.1, 0.15) is 0 Å². The van der Waals surface area contributed by atoms with Gasteiger partial charge in [-0.2, -0.15) is 0 Å². The Hall–Kier alpha value is -0.490. The van der Waals surface area contributed by atoms with Crippen LogP contribution in [0.4, 0.5) is 0 Å². The van der Waals surface area contributed by atoms with Crippen LogP contribution in [-0.4, -0.2) is 51.6 Å². The van der Waals surface area contributed by atoms with E-state index in [9.17, 15) is 4.79 Å².